The molecule has 6 heteroatoms. The second-order valence-electron chi connectivity index (χ2n) is 4.95. The van der Waals surface area contributed by atoms with Crippen LogP contribution < -0.4 is 4.90 Å². The molecule has 0 saturated carbocycles. The number of benzene rings is 1. The van der Waals surface area contributed by atoms with Gasteiger partial charge in [0.2, 0.25) is 0 Å². The predicted molar refractivity (Wildman–Crippen MR) is 82.6 cm³/mol. The molecule has 0 saturated heterocycles. The highest BCUT2D eigenvalue weighted by atomic mass is 19.4. The molecule has 1 aliphatic heterocycles. The highest BCUT2D eigenvalue weighted by molar-refractivity contribution is 6.09. The number of hydrogen-bond donors (Lipinski definition) is 1. The molecule has 0 aliphatic carbocycles. The molecule has 0 spiro atoms. The molecular weight excluding hydrogens is 291 g/mol. The highest BCUT2D eigenvalue weighted by Crippen LogP contribution is 2.32. The summed E-state index contributed by atoms with van der Waals surface area (Å²) in [7, 11) is 1.67. The molecule has 0 atom stereocenters. The maximum absolute atomic E-state index is 12.7. The number of rotatable bonds is 2. The molecule has 0 unspecified atom stereocenters. The van der Waals surface area contributed by atoms with Gasteiger partial charge in [0.1, 0.15) is 5.84 Å². The van der Waals surface area contributed by atoms with Crippen LogP contribution in [0.4, 0.5) is 18.9 Å². The molecule has 0 radical (unpaired) electrons. The molecule has 0 fully saturated rings. The monoisotopic (exact) mass is 307 g/mol. The van der Waals surface area contributed by atoms with Gasteiger partial charge in [0.15, 0.2) is 0 Å². The van der Waals surface area contributed by atoms with Crippen LogP contribution in [-0.2, 0) is 6.18 Å². The number of nitrogens with zero attached hydrogens (tertiary/aromatic N) is 2. The van der Waals surface area contributed by atoms with E-state index in [9.17, 15) is 13.2 Å². The van der Waals surface area contributed by atoms with Gasteiger partial charge < -0.3 is 4.90 Å². The first kappa shape index (κ1) is 16.0. The molecule has 116 valence electrons. The fraction of sp³-hybridized carbons (Fsp3) is 0.250. The van der Waals surface area contributed by atoms with E-state index in [0.717, 1.165) is 12.1 Å². The van der Waals surface area contributed by atoms with Gasteiger partial charge in [0.25, 0.3) is 0 Å². The van der Waals surface area contributed by atoms with Crippen molar-refractivity contribution in [3.05, 3.63) is 53.3 Å². The lowest BCUT2D eigenvalue weighted by atomic mass is 10.1. The molecule has 22 heavy (non-hydrogen) atoms. The average Bonchev–Trinajstić information content (AvgIpc) is 2.73. The minimum atomic E-state index is -4.36. The minimum absolute atomic E-state index is 0.213. The summed E-state index contributed by atoms with van der Waals surface area (Å²) < 4.78 is 38.1. The molecule has 1 aromatic rings. The fourth-order valence-corrected chi connectivity index (χ4v) is 2.19. The van der Waals surface area contributed by atoms with Gasteiger partial charge in [-0.3, -0.25) is 10.4 Å². The van der Waals surface area contributed by atoms with Crippen LogP contribution in [0.3, 0.4) is 0 Å². The molecule has 1 aliphatic rings. The van der Waals surface area contributed by atoms with E-state index in [1.165, 1.54) is 6.07 Å². The normalized spacial score (nSPS) is 14.5. The second-order valence-corrected chi connectivity index (χ2v) is 4.95. The third-order valence-electron chi connectivity index (χ3n) is 3.38. The Morgan fingerprint density at radius 1 is 1.32 bits per heavy atom. The van der Waals surface area contributed by atoms with E-state index in [1.807, 2.05) is 6.08 Å². The molecule has 1 heterocycles. The minimum Gasteiger partial charge on any atom is -0.329 e. The Hall–Kier alpha value is -2.37. The number of allylic oxidation sites excluding steroid dienone is 1. The quantitative estimate of drug-likeness (QED) is 0.640. The van der Waals surface area contributed by atoms with Gasteiger partial charge >= 0.3 is 6.18 Å². The number of alkyl halides is 3. The second kappa shape index (κ2) is 6.17. The first-order chi connectivity index (χ1) is 10.3. The first-order valence-corrected chi connectivity index (χ1v) is 6.69. The van der Waals surface area contributed by atoms with Crippen molar-refractivity contribution in [3.63, 3.8) is 0 Å². The van der Waals surface area contributed by atoms with Gasteiger partial charge in [-0.15, -0.1) is 0 Å². The van der Waals surface area contributed by atoms with Crippen molar-refractivity contribution >= 4 is 17.7 Å². The maximum atomic E-state index is 12.7. The third-order valence-corrected chi connectivity index (χ3v) is 3.38. The van der Waals surface area contributed by atoms with Crippen LogP contribution in [0.5, 0.6) is 0 Å². The standard InChI is InChI=1S/C16H16F3N3/c1-11-10-13(16(17,18)19)5-6-14(11)22(2)15(20)12-4-3-8-21-9-7-12/h4-10,20H,3H2,1-2H3. The topological polar surface area (TPSA) is 39.5 Å². The van der Waals surface area contributed by atoms with Crippen molar-refractivity contribution in [2.24, 2.45) is 4.99 Å². The van der Waals surface area contributed by atoms with Crippen LogP contribution >= 0.6 is 0 Å². The maximum Gasteiger partial charge on any atom is 0.416 e. The van der Waals surface area contributed by atoms with Gasteiger partial charge in [-0.05, 0) is 36.8 Å². The number of anilines is 1. The number of likely N-dealkylation sites (N-methyl/N-ethyl adjacent to an activating group) is 1. The van der Waals surface area contributed by atoms with Crippen LogP contribution in [0.2, 0.25) is 0 Å². The van der Waals surface area contributed by atoms with E-state index in [0.29, 0.717) is 23.2 Å². The van der Waals surface area contributed by atoms with Gasteiger partial charge in [0.05, 0.1) is 5.56 Å². The average molecular weight is 307 g/mol. The largest absolute Gasteiger partial charge is 0.416 e. The molecule has 1 N–H and O–H groups in total. The van der Waals surface area contributed by atoms with Crippen LogP contribution in [-0.4, -0.2) is 19.1 Å². The Bertz CT molecular complexity index is 670. The molecule has 3 nitrogen and oxygen atoms in total. The van der Waals surface area contributed by atoms with Crippen molar-refractivity contribution in [1.82, 2.24) is 0 Å². The van der Waals surface area contributed by atoms with Crippen LogP contribution in [0.1, 0.15) is 17.5 Å². The van der Waals surface area contributed by atoms with E-state index < -0.39 is 11.7 Å². The Morgan fingerprint density at radius 3 is 2.68 bits per heavy atom. The van der Waals surface area contributed by atoms with Gasteiger partial charge in [-0.2, -0.15) is 13.2 Å². The van der Waals surface area contributed by atoms with Crippen molar-refractivity contribution in [2.75, 3.05) is 11.9 Å². The SMILES string of the molecule is Cc1cc(C(F)(F)F)ccc1N(C)C(=N)C1=CCC=NC=C1. The summed E-state index contributed by atoms with van der Waals surface area (Å²) in [5.74, 6) is 0.213. The van der Waals surface area contributed by atoms with E-state index in [-0.39, 0.29) is 5.84 Å². The zero-order chi connectivity index (χ0) is 16.3. The highest BCUT2D eigenvalue weighted by Gasteiger charge is 2.31. The van der Waals surface area contributed by atoms with Gasteiger partial charge in [0, 0.05) is 37.1 Å². The number of aliphatic imine (C=N–C) groups is 1. The number of amidine groups is 1. The van der Waals surface area contributed by atoms with Crippen molar-refractivity contribution in [2.45, 2.75) is 19.5 Å². The van der Waals surface area contributed by atoms with Crippen LogP contribution in [0.25, 0.3) is 0 Å². The summed E-state index contributed by atoms with van der Waals surface area (Å²) in [5.41, 5.74) is 1.03. The Morgan fingerprint density at radius 2 is 2.05 bits per heavy atom. The van der Waals surface area contributed by atoms with E-state index in [1.54, 1.807) is 37.4 Å². The third kappa shape index (κ3) is 3.44. The molecule has 1 aromatic carbocycles. The summed E-state index contributed by atoms with van der Waals surface area (Å²) >= 11 is 0. The molecular formula is C16H16F3N3. The lowest BCUT2D eigenvalue weighted by Crippen LogP contribution is -2.27. The molecule has 0 amide bonds. The Balaban J connectivity index is 2.28. The lowest BCUT2D eigenvalue weighted by molar-refractivity contribution is -0.137. The molecule has 2 rings (SSSR count). The van der Waals surface area contributed by atoms with E-state index in [2.05, 4.69) is 4.99 Å². The Labute approximate surface area is 127 Å². The van der Waals surface area contributed by atoms with Crippen LogP contribution in [0, 0.1) is 12.3 Å². The zero-order valence-corrected chi connectivity index (χ0v) is 12.3. The molecule has 0 bridgehead atoms. The smallest absolute Gasteiger partial charge is 0.329 e. The number of halogens is 3. The fourth-order valence-electron chi connectivity index (χ4n) is 2.19. The Kier molecular flexibility index (Phi) is 4.49. The zero-order valence-electron chi connectivity index (χ0n) is 12.3. The number of hydrogen-bond acceptors (Lipinski definition) is 2. The number of nitrogens with one attached hydrogen (secondary N) is 1. The van der Waals surface area contributed by atoms with Crippen molar-refractivity contribution in [3.8, 4) is 0 Å². The van der Waals surface area contributed by atoms with Gasteiger partial charge in [-0.25, -0.2) is 0 Å². The summed E-state index contributed by atoms with van der Waals surface area (Å²) in [6.07, 6.45) is 3.14. The lowest BCUT2D eigenvalue weighted by Gasteiger charge is -2.23. The van der Waals surface area contributed by atoms with Crippen molar-refractivity contribution < 1.29 is 13.2 Å². The molecule has 0 aromatic heterocycles. The summed E-state index contributed by atoms with van der Waals surface area (Å²) in [6.45, 7) is 1.61. The van der Waals surface area contributed by atoms with Crippen LogP contribution in [0.15, 0.2) is 47.1 Å². The van der Waals surface area contributed by atoms with E-state index in [4.69, 9.17) is 5.41 Å². The summed E-state index contributed by atoms with van der Waals surface area (Å²) in [6, 6.07) is 3.52. The summed E-state index contributed by atoms with van der Waals surface area (Å²) in [5, 5.41) is 8.23. The number of aryl methyl sites for hydroxylation is 1. The first-order valence-electron chi connectivity index (χ1n) is 6.69. The van der Waals surface area contributed by atoms with Gasteiger partial charge in [-0.1, -0.05) is 6.08 Å². The predicted octanol–water partition coefficient (Wildman–Crippen LogP) is 4.34. The van der Waals surface area contributed by atoms with Crippen molar-refractivity contribution in [1.29, 1.82) is 5.41 Å². The van der Waals surface area contributed by atoms with E-state index >= 15 is 0 Å². The summed E-state index contributed by atoms with van der Waals surface area (Å²) in [4.78, 5) is 5.56.